The van der Waals surface area contributed by atoms with Crippen LogP contribution in [-0.4, -0.2) is 133 Å². The smallest absolute Gasteiger partial charge is 0.325 e. The van der Waals surface area contributed by atoms with Gasteiger partial charge in [-0.3, -0.25) is 37.9 Å². The number of sulfonamides is 2. The minimum Gasteiger partial charge on any atom is -0.480 e. The molecular weight excluding hydrogens is 1300 g/mol. The van der Waals surface area contributed by atoms with Crippen molar-refractivity contribution in [1.82, 2.24) is 33.0 Å². The van der Waals surface area contributed by atoms with Crippen LogP contribution in [0.1, 0.15) is 96.4 Å². The molecule has 5 N–H and O–H groups in total. The van der Waals surface area contributed by atoms with E-state index in [-0.39, 0.29) is 92.5 Å². The molecule has 3 amide bonds. The molecule has 0 unspecified atom stereocenters. The number of nitrogens with two attached hydrogens (primary N) is 1. The predicted molar refractivity (Wildman–Crippen MR) is 335 cm³/mol. The zero-order valence-electron chi connectivity index (χ0n) is 50.0. The molecule has 480 valence electrons. The van der Waals surface area contributed by atoms with E-state index in [0.29, 0.717) is 40.8 Å². The quantitative estimate of drug-likeness (QED) is 0.0706. The van der Waals surface area contributed by atoms with E-state index >= 15 is 0 Å². The number of carboxylic acid groups (broad SMARTS) is 2. The molecule has 10 rings (SSSR count). The van der Waals surface area contributed by atoms with Crippen molar-refractivity contribution in [2.24, 2.45) is 5.73 Å². The molecule has 31 heteroatoms. The molecule has 0 bridgehead atoms. The number of hydrogen-bond acceptors (Lipinski definition) is 16. The van der Waals surface area contributed by atoms with Crippen molar-refractivity contribution < 1.29 is 60.6 Å². The molecule has 0 radical (unpaired) electrons. The monoisotopic (exact) mass is 1360 g/mol. The van der Waals surface area contributed by atoms with Gasteiger partial charge in [-0.1, -0.05) is 70.7 Å². The highest BCUT2D eigenvalue weighted by atomic mass is 35.5. The number of nitriles is 2. The van der Waals surface area contributed by atoms with E-state index in [9.17, 15) is 61.1 Å². The molecule has 2 saturated heterocycles. The minimum atomic E-state index is -4.44. The Hall–Kier alpha value is -7.96. The number of carboxylic acids is 2. The van der Waals surface area contributed by atoms with Gasteiger partial charge in [-0.15, -0.1) is 0 Å². The zero-order valence-corrected chi connectivity index (χ0v) is 54.6. The molecule has 6 aromatic rings. The molecule has 0 saturated carbocycles. The predicted octanol–water partition coefficient (Wildman–Crippen LogP) is 8.05. The molecule has 4 aliphatic heterocycles. The lowest BCUT2D eigenvalue weighted by molar-refractivity contribution is -0.156. The summed E-state index contributed by atoms with van der Waals surface area (Å²) in [6.07, 6.45) is 3.52. The topological polar surface area (TPSA) is 355 Å². The van der Waals surface area contributed by atoms with Gasteiger partial charge >= 0.3 is 17.9 Å². The van der Waals surface area contributed by atoms with Crippen LogP contribution in [0.2, 0.25) is 20.1 Å². The second-order valence-electron chi connectivity index (χ2n) is 23.3. The van der Waals surface area contributed by atoms with Crippen molar-refractivity contribution >= 4 is 125 Å². The fourth-order valence-corrected chi connectivity index (χ4v) is 15.7. The van der Waals surface area contributed by atoms with Crippen LogP contribution in [0.3, 0.4) is 0 Å². The first-order valence-corrected chi connectivity index (χ1v) is 32.5. The summed E-state index contributed by atoms with van der Waals surface area (Å²) in [5.41, 5.74) is 4.62. The number of halogens is 4. The summed E-state index contributed by atoms with van der Waals surface area (Å²) in [5.74, 6) is -4.51. The number of rotatable bonds is 15. The van der Waals surface area contributed by atoms with Gasteiger partial charge in [0.25, 0.3) is 31.9 Å². The maximum atomic E-state index is 14.3. The molecule has 6 heterocycles. The van der Waals surface area contributed by atoms with Gasteiger partial charge in [0.15, 0.2) is 10.1 Å². The number of fused-ring (bicyclic) bond motifs is 2. The Labute approximate surface area is 544 Å². The molecule has 4 aliphatic rings. The first-order valence-electron chi connectivity index (χ1n) is 28.1. The third-order valence-corrected chi connectivity index (χ3v) is 19.9. The number of aromatic nitrogens is 4. The van der Waals surface area contributed by atoms with Gasteiger partial charge in [0.1, 0.15) is 40.8 Å². The SMILES string of the molecule is C[C@@H](N)C(=O)OC(C)(C)C.C[C@@H](NC(=O)[C@@H]1CCCN1S(=O)(=O)c1cnc2n1[C@](C)(Cc1ccc(C#N)cc1)C(=O)N2c1cc(Cl)cc(Cl)c1)C(=O)O.C[C@@]1(Cc2ccc(C#N)cc2)C(=O)N(c2cc(Cl)cc(Cl)c2)c2ncc(S(=O)(=O)N3CCC[C@H]3C(=O)O)n21. The molecule has 0 spiro atoms. The number of ether oxygens (including phenoxy) is 1. The molecule has 91 heavy (non-hydrogen) atoms. The van der Waals surface area contributed by atoms with Crippen molar-refractivity contribution in [1.29, 1.82) is 10.5 Å². The van der Waals surface area contributed by atoms with Gasteiger partial charge < -0.3 is 26.0 Å². The number of aliphatic carboxylic acids is 2. The molecule has 6 atom stereocenters. The molecular formula is C60H62Cl4N12O13S2. The average molecular weight is 1370 g/mol. The molecule has 4 aromatic carbocycles. The second-order valence-corrected chi connectivity index (χ2v) is 28.7. The third-order valence-electron chi connectivity index (χ3n) is 15.3. The third kappa shape index (κ3) is 14.1. The lowest BCUT2D eigenvalue weighted by Crippen LogP contribution is -2.50. The number of imidazole rings is 2. The van der Waals surface area contributed by atoms with Gasteiger partial charge in [0.2, 0.25) is 17.8 Å². The second kappa shape index (κ2) is 26.7. The number of hydrogen-bond donors (Lipinski definition) is 4. The Kier molecular flexibility index (Phi) is 20.2. The molecule has 25 nitrogen and oxygen atoms in total. The number of carbonyl (C=O) groups is 6. The number of benzene rings is 4. The number of amides is 3. The van der Waals surface area contributed by atoms with E-state index in [1.54, 1.807) is 69.3 Å². The van der Waals surface area contributed by atoms with Gasteiger partial charge in [0.05, 0.1) is 47.0 Å². The standard InChI is InChI=1S/C28H26Cl2N6O6S.C25H21Cl2N5O5S.C7H15NO2/c1-16(25(38)39)33-24(37)22-4-3-9-34(22)43(41,42)23-15-32-27-35(21-11-19(29)10-20(30)12-21)26(40)28(2,36(23)27)13-17-5-7-18(14-31)8-6-17;1-25(12-15-4-6-16(13-28)7-5-15)23(35)31(19-10-17(26)9-18(27)11-19)24-29-14-21(32(24)25)38(36,37)30-8-2-3-20(30)22(33)34;1-5(8)6(9)10-7(2,3)4/h5-8,10-12,15-16,22H,3-4,9,13H2,1-2H3,(H,33,37)(H,38,39);4-7,9-11,14,20H,2-3,8,12H2,1H3,(H,33,34);5H,8H2,1-4H3/t16-,22+,28-;20-,25+;5-/m101/s1. The Morgan fingerprint density at radius 3 is 1.38 bits per heavy atom. The summed E-state index contributed by atoms with van der Waals surface area (Å²) in [4.78, 5) is 86.4. The largest absolute Gasteiger partial charge is 0.480 e. The van der Waals surface area contributed by atoms with Crippen LogP contribution >= 0.6 is 46.4 Å². The van der Waals surface area contributed by atoms with Crippen LogP contribution in [0.4, 0.5) is 23.3 Å². The number of carbonyl (C=O) groups excluding carboxylic acids is 4. The van der Waals surface area contributed by atoms with E-state index < -0.39 is 90.6 Å². The van der Waals surface area contributed by atoms with Crippen LogP contribution in [-0.2, 0) is 77.5 Å². The summed E-state index contributed by atoms with van der Waals surface area (Å²) in [7, 11) is -8.79. The highest BCUT2D eigenvalue weighted by molar-refractivity contribution is 7.89. The Morgan fingerprint density at radius 2 is 1.05 bits per heavy atom. The van der Waals surface area contributed by atoms with Gasteiger partial charge in [0, 0.05) is 46.0 Å². The summed E-state index contributed by atoms with van der Waals surface area (Å²) >= 11 is 24.9. The maximum Gasteiger partial charge on any atom is 0.325 e. The van der Waals surface area contributed by atoms with Gasteiger partial charge in [-0.25, -0.2) is 36.6 Å². The number of nitrogens with zero attached hydrogens (tertiary/aromatic N) is 10. The average Bonchev–Trinajstić information content (AvgIpc) is 1.56. The Bertz CT molecular complexity index is 4160. The van der Waals surface area contributed by atoms with Crippen LogP contribution in [0.15, 0.2) is 107 Å². The zero-order chi connectivity index (χ0) is 67.0. The normalized spacial score (nSPS) is 20.5. The molecule has 2 aromatic heterocycles. The number of esters is 1. The number of nitrogens with one attached hydrogen (secondary N) is 1. The summed E-state index contributed by atoms with van der Waals surface area (Å²) in [5, 5.41) is 40.0. The maximum absolute atomic E-state index is 14.3. The highest BCUT2D eigenvalue weighted by Crippen LogP contribution is 2.47. The van der Waals surface area contributed by atoms with E-state index in [1.165, 1.54) is 62.3 Å². The fourth-order valence-electron chi connectivity index (χ4n) is 11.0. The van der Waals surface area contributed by atoms with E-state index in [4.69, 9.17) is 62.1 Å². The minimum absolute atomic E-state index is 0.0102. The van der Waals surface area contributed by atoms with E-state index in [0.717, 1.165) is 21.0 Å². The van der Waals surface area contributed by atoms with Gasteiger partial charge in [-0.2, -0.15) is 19.1 Å². The fraction of sp³-hybridized carbons (Fsp3) is 0.367. The molecule has 0 aliphatic carbocycles. The molecule has 2 fully saturated rings. The first-order chi connectivity index (χ1) is 42.6. The number of anilines is 4. The van der Waals surface area contributed by atoms with Crippen LogP contribution < -0.4 is 20.9 Å². The van der Waals surface area contributed by atoms with Crippen molar-refractivity contribution in [3.05, 3.63) is 140 Å². The van der Waals surface area contributed by atoms with Crippen LogP contribution in [0.5, 0.6) is 0 Å². The van der Waals surface area contributed by atoms with Crippen molar-refractivity contribution in [3.63, 3.8) is 0 Å². The summed E-state index contributed by atoms with van der Waals surface area (Å²) in [6, 6.07) is 22.2. The van der Waals surface area contributed by atoms with E-state index in [2.05, 4.69) is 15.3 Å². The van der Waals surface area contributed by atoms with Crippen LogP contribution in [0, 0.1) is 22.7 Å². The van der Waals surface area contributed by atoms with Crippen LogP contribution in [0.25, 0.3) is 0 Å². The lowest BCUT2D eigenvalue weighted by Gasteiger charge is -2.29. The summed E-state index contributed by atoms with van der Waals surface area (Å²) in [6.45, 7) is 11.6. The highest BCUT2D eigenvalue weighted by Gasteiger charge is 2.55. The van der Waals surface area contributed by atoms with Gasteiger partial charge in [-0.05, 0) is 146 Å². The lowest BCUT2D eigenvalue weighted by atomic mass is 9.91. The Morgan fingerprint density at radius 1 is 0.681 bits per heavy atom. The summed E-state index contributed by atoms with van der Waals surface area (Å²) < 4.78 is 65.7. The van der Waals surface area contributed by atoms with Crippen molar-refractivity contribution in [2.75, 3.05) is 22.9 Å². The first kappa shape index (κ1) is 68.9. The van der Waals surface area contributed by atoms with Crippen molar-refractivity contribution in [2.45, 2.75) is 138 Å². The van der Waals surface area contributed by atoms with E-state index in [1.807, 2.05) is 32.9 Å². The van der Waals surface area contributed by atoms with Crippen molar-refractivity contribution in [3.8, 4) is 12.1 Å². The Balaban J connectivity index is 0.000000205.